The highest BCUT2D eigenvalue weighted by molar-refractivity contribution is 6.31. The molecule has 0 aliphatic carbocycles. The first-order valence-electron chi connectivity index (χ1n) is 9.16. The molecule has 2 heterocycles. The van der Waals surface area contributed by atoms with E-state index in [2.05, 4.69) is 5.32 Å². The number of carbonyl (C=O) groups is 3. The number of nitrogens with two attached hydrogens (primary N) is 1. The van der Waals surface area contributed by atoms with E-state index in [1.807, 2.05) is 5.32 Å². The minimum atomic E-state index is -4.61. The van der Waals surface area contributed by atoms with E-state index in [-0.39, 0.29) is 37.3 Å². The average Bonchev–Trinajstić information content (AvgIpc) is 3.17. The van der Waals surface area contributed by atoms with Gasteiger partial charge in [-0.1, -0.05) is 11.6 Å². The number of halogens is 4. The zero-order valence-corrected chi connectivity index (χ0v) is 17.1. The Balaban J connectivity index is 1.75. The van der Waals surface area contributed by atoms with Crippen molar-refractivity contribution >= 4 is 35.2 Å². The third kappa shape index (κ3) is 4.36. The molecule has 0 bridgehead atoms. The van der Waals surface area contributed by atoms with Gasteiger partial charge in [0.2, 0.25) is 5.91 Å². The molecule has 0 spiro atoms. The fraction of sp³-hybridized carbons (Fsp3) is 0.368. The lowest BCUT2D eigenvalue weighted by atomic mass is 9.87. The van der Waals surface area contributed by atoms with Crippen LogP contribution in [0.3, 0.4) is 0 Å². The van der Waals surface area contributed by atoms with Crippen LogP contribution in [0.2, 0.25) is 5.02 Å². The number of hydrogen-bond acceptors (Lipinski definition) is 5. The molecule has 166 valence electrons. The predicted octanol–water partition coefficient (Wildman–Crippen LogP) is 2.44. The minimum Gasteiger partial charge on any atom is -0.402 e. The zero-order chi connectivity index (χ0) is 23.1. The van der Waals surface area contributed by atoms with Crippen LogP contribution in [0.4, 0.5) is 18.0 Å². The molecule has 12 heteroatoms. The van der Waals surface area contributed by atoms with E-state index in [1.54, 1.807) is 0 Å². The van der Waals surface area contributed by atoms with Crippen molar-refractivity contribution in [1.82, 2.24) is 15.5 Å². The molecule has 1 aromatic carbocycles. The number of imide groups is 1. The lowest BCUT2D eigenvalue weighted by Crippen LogP contribution is -2.53. The smallest absolute Gasteiger partial charge is 0.402 e. The second kappa shape index (κ2) is 7.88. The summed E-state index contributed by atoms with van der Waals surface area (Å²) in [6, 6.07) is 1.33. The van der Waals surface area contributed by atoms with Crippen LogP contribution in [0, 0.1) is 5.41 Å². The van der Waals surface area contributed by atoms with E-state index < -0.39 is 40.1 Å². The van der Waals surface area contributed by atoms with Crippen LogP contribution in [-0.2, 0) is 28.9 Å². The van der Waals surface area contributed by atoms with Gasteiger partial charge in [-0.25, -0.2) is 4.79 Å². The summed E-state index contributed by atoms with van der Waals surface area (Å²) in [5.41, 5.74) is 3.63. The summed E-state index contributed by atoms with van der Waals surface area (Å²) < 4.78 is 39.2. The molecule has 0 aromatic heterocycles. The Hall–Kier alpha value is -3.08. The molecule has 2 aliphatic heterocycles. The monoisotopic (exact) mass is 457 g/mol. The predicted molar refractivity (Wildman–Crippen MR) is 105 cm³/mol. The fourth-order valence-electron chi connectivity index (χ4n) is 3.61. The number of rotatable bonds is 5. The Morgan fingerprint density at radius 1 is 1.32 bits per heavy atom. The molecule has 1 fully saturated rings. The largest absolute Gasteiger partial charge is 0.417 e. The van der Waals surface area contributed by atoms with E-state index >= 15 is 0 Å². The van der Waals surface area contributed by atoms with Gasteiger partial charge in [0.05, 0.1) is 16.3 Å². The Bertz CT molecular complexity index is 1020. The van der Waals surface area contributed by atoms with Crippen molar-refractivity contribution in [2.24, 2.45) is 5.73 Å². The summed E-state index contributed by atoms with van der Waals surface area (Å²) in [5.74, 6) is -1.23. The lowest BCUT2D eigenvalue weighted by Gasteiger charge is -2.26. The van der Waals surface area contributed by atoms with Gasteiger partial charge in [-0.3, -0.25) is 14.9 Å². The molecule has 3 rings (SSSR count). The molecular formula is C19H19ClF3N5O3. The number of hydrogen-bond donors (Lipinski definition) is 4. The topological polar surface area (TPSA) is 128 Å². The van der Waals surface area contributed by atoms with Gasteiger partial charge < -0.3 is 21.4 Å². The number of benzene rings is 1. The number of nitrogens with zero attached hydrogens (tertiary/aromatic N) is 1. The molecule has 5 N–H and O–H groups in total. The number of alkyl halides is 3. The molecule has 2 aliphatic rings. The Labute approximate surface area is 180 Å². The van der Waals surface area contributed by atoms with Crippen LogP contribution in [0.25, 0.3) is 0 Å². The van der Waals surface area contributed by atoms with Gasteiger partial charge in [-0.15, -0.1) is 0 Å². The van der Waals surface area contributed by atoms with Crippen LogP contribution >= 0.6 is 11.6 Å². The number of amides is 4. The van der Waals surface area contributed by atoms with Crippen LogP contribution in [-0.4, -0.2) is 34.0 Å². The number of nitrogens with one attached hydrogen (secondary N) is 3. The third-order valence-corrected chi connectivity index (χ3v) is 5.47. The van der Waals surface area contributed by atoms with Crippen LogP contribution < -0.4 is 16.4 Å². The summed E-state index contributed by atoms with van der Waals surface area (Å²) in [6.45, 7) is 1.53. The highest BCUT2D eigenvalue weighted by Gasteiger charge is 2.49. The summed E-state index contributed by atoms with van der Waals surface area (Å²) in [5, 5.41) is 12.2. The first-order valence-corrected chi connectivity index (χ1v) is 9.54. The minimum absolute atomic E-state index is 0.0424. The van der Waals surface area contributed by atoms with E-state index in [4.69, 9.17) is 22.7 Å². The van der Waals surface area contributed by atoms with E-state index in [1.165, 1.54) is 24.0 Å². The quantitative estimate of drug-likeness (QED) is 0.400. The number of allylic oxidation sites excluding steroid dienone is 1. The molecule has 1 aromatic rings. The molecule has 4 amide bonds. The molecule has 0 radical (unpaired) electrons. The molecule has 1 unspecified atom stereocenters. The second-order valence-corrected chi connectivity index (χ2v) is 7.87. The third-order valence-electron chi connectivity index (χ3n) is 5.16. The van der Waals surface area contributed by atoms with Crippen LogP contribution in [0.1, 0.15) is 36.5 Å². The fourth-order valence-corrected chi connectivity index (χ4v) is 3.90. The van der Waals surface area contributed by atoms with Gasteiger partial charge in [0.25, 0.3) is 5.91 Å². The maximum Gasteiger partial charge on any atom is 0.417 e. The Morgan fingerprint density at radius 3 is 2.45 bits per heavy atom. The maximum atomic E-state index is 13.1. The lowest BCUT2D eigenvalue weighted by molar-refractivity contribution is -0.137. The van der Waals surface area contributed by atoms with Crippen molar-refractivity contribution in [3.63, 3.8) is 0 Å². The summed E-state index contributed by atoms with van der Waals surface area (Å²) in [6.07, 6.45) is -3.85. The molecule has 1 atom stereocenters. The van der Waals surface area contributed by atoms with Gasteiger partial charge in [0.15, 0.2) is 5.54 Å². The highest BCUT2D eigenvalue weighted by Crippen LogP contribution is 2.38. The van der Waals surface area contributed by atoms with Gasteiger partial charge in [-0.05, 0) is 42.7 Å². The van der Waals surface area contributed by atoms with Gasteiger partial charge in [-0.2, -0.15) is 13.2 Å². The normalized spacial score (nSPS) is 21.1. The summed E-state index contributed by atoms with van der Waals surface area (Å²) >= 11 is 5.74. The van der Waals surface area contributed by atoms with E-state index in [0.717, 1.165) is 6.07 Å². The first kappa shape index (κ1) is 22.6. The molecule has 1 saturated heterocycles. The SMILES string of the molecule is C/C(N)=C/C(=N)C1(CCC(=O)N2Cc3cc(Cl)c(C(F)(F)F)cc3C2)NC(=O)NC1=O. The zero-order valence-electron chi connectivity index (χ0n) is 16.3. The number of fused-ring (bicyclic) bond motifs is 1. The molecular weight excluding hydrogens is 439 g/mol. The Kier molecular flexibility index (Phi) is 5.74. The van der Waals surface area contributed by atoms with Crippen LogP contribution in [0.15, 0.2) is 23.9 Å². The van der Waals surface area contributed by atoms with Crippen molar-refractivity contribution in [1.29, 1.82) is 5.41 Å². The van der Waals surface area contributed by atoms with E-state index in [0.29, 0.717) is 11.1 Å². The van der Waals surface area contributed by atoms with Gasteiger partial charge in [0, 0.05) is 25.2 Å². The van der Waals surface area contributed by atoms with E-state index in [9.17, 15) is 27.6 Å². The van der Waals surface area contributed by atoms with Crippen molar-refractivity contribution in [2.75, 3.05) is 0 Å². The van der Waals surface area contributed by atoms with Crippen molar-refractivity contribution in [2.45, 2.75) is 44.6 Å². The maximum absolute atomic E-state index is 13.1. The average molecular weight is 458 g/mol. The van der Waals surface area contributed by atoms with Gasteiger partial charge in [0.1, 0.15) is 0 Å². The molecule has 8 nitrogen and oxygen atoms in total. The highest BCUT2D eigenvalue weighted by atomic mass is 35.5. The standard InChI is InChI=1S/C19H19ClF3N5O3/c1-9(24)4-14(25)18(16(30)26-17(31)27-18)3-2-15(29)28-7-10-5-12(19(21,22)23)13(20)6-11(10)8-28/h4-6,25H,2-3,7-8,24H2,1H3,(H2,26,27,30,31)/b9-4-,25-14?. The Morgan fingerprint density at radius 2 is 1.94 bits per heavy atom. The van der Waals surface area contributed by atoms with Gasteiger partial charge >= 0.3 is 12.2 Å². The van der Waals surface area contributed by atoms with Crippen molar-refractivity contribution in [3.8, 4) is 0 Å². The molecule has 31 heavy (non-hydrogen) atoms. The summed E-state index contributed by atoms with van der Waals surface area (Å²) in [4.78, 5) is 38.1. The first-order chi connectivity index (χ1) is 14.3. The van der Waals surface area contributed by atoms with Crippen molar-refractivity contribution in [3.05, 3.63) is 45.6 Å². The summed E-state index contributed by atoms with van der Waals surface area (Å²) in [7, 11) is 0. The molecule has 0 saturated carbocycles. The second-order valence-electron chi connectivity index (χ2n) is 7.46. The number of urea groups is 1. The van der Waals surface area contributed by atoms with Crippen LogP contribution in [0.5, 0.6) is 0 Å². The number of carbonyl (C=O) groups excluding carboxylic acids is 3. The van der Waals surface area contributed by atoms with Crippen molar-refractivity contribution < 1.29 is 27.6 Å².